The van der Waals surface area contributed by atoms with Gasteiger partial charge in [0.15, 0.2) is 0 Å². The average molecular weight is 698 g/mol. The number of phenols is 1. The van der Waals surface area contributed by atoms with Crippen molar-refractivity contribution in [2.24, 2.45) is 5.92 Å². The third-order valence-electron chi connectivity index (χ3n) is 10.3. The molecule has 266 valence electrons. The van der Waals surface area contributed by atoms with Gasteiger partial charge in [-0.3, -0.25) is 9.55 Å². The van der Waals surface area contributed by atoms with Crippen LogP contribution < -0.4 is 0 Å². The first-order valence-electron chi connectivity index (χ1n) is 18.6. The van der Waals surface area contributed by atoms with Crippen LogP contribution in [0.2, 0.25) is 0 Å². The molecule has 5 heteroatoms. The Bertz CT molecular complexity index is 2650. The van der Waals surface area contributed by atoms with Gasteiger partial charge < -0.3 is 9.52 Å². The molecule has 1 N–H and O–H groups in total. The fraction of sp³-hybridized carbons (Fsp3) is 0.250. The molecule has 0 aliphatic rings. The Morgan fingerprint density at radius 2 is 1.47 bits per heavy atom. The Morgan fingerprint density at radius 3 is 2.21 bits per heavy atom. The largest absolute Gasteiger partial charge is 0.507 e. The summed E-state index contributed by atoms with van der Waals surface area (Å²) in [4.78, 5) is 10.4. The van der Waals surface area contributed by atoms with Crippen molar-refractivity contribution < 1.29 is 9.52 Å². The van der Waals surface area contributed by atoms with E-state index in [1.54, 1.807) is 0 Å². The maximum absolute atomic E-state index is 12.1. The molecule has 53 heavy (non-hydrogen) atoms. The fourth-order valence-corrected chi connectivity index (χ4v) is 7.55. The lowest BCUT2D eigenvalue weighted by molar-refractivity contribution is 0.446. The molecule has 3 heterocycles. The van der Waals surface area contributed by atoms with E-state index in [0.29, 0.717) is 17.3 Å². The minimum Gasteiger partial charge on any atom is -0.507 e. The molecule has 0 aliphatic heterocycles. The normalized spacial score (nSPS) is 12.5. The van der Waals surface area contributed by atoms with Crippen molar-refractivity contribution in [3.8, 4) is 45.2 Å². The predicted octanol–water partition coefficient (Wildman–Crippen LogP) is 12.8. The maximum Gasteiger partial charge on any atom is 0.149 e. The van der Waals surface area contributed by atoms with Gasteiger partial charge in [0.25, 0.3) is 0 Å². The maximum atomic E-state index is 12.1. The zero-order valence-electron chi connectivity index (χ0n) is 32.0. The number of fused-ring (bicyclic) bond motifs is 4. The Labute approximate surface area is 312 Å². The molecular formula is C48H47N3O2. The number of aromatic nitrogens is 3. The van der Waals surface area contributed by atoms with Crippen LogP contribution in [-0.2, 0) is 17.3 Å². The van der Waals surface area contributed by atoms with E-state index in [1.807, 2.05) is 36.5 Å². The van der Waals surface area contributed by atoms with Gasteiger partial charge in [0.2, 0.25) is 0 Å². The van der Waals surface area contributed by atoms with Gasteiger partial charge in [-0.15, -0.1) is 0 Å². The van der Waals surface area contributed by atoms with Crippen LogP contribution in [0.1, 0.15) is 72.1 Å². The topological polar surface area (TPSA) is 64.1 Å². The van der Waals surface area contributed by atoms with Crippen molar-refractivity contribution in [2.45, 2.75) is 72.6 Å². The van der Waals surface area contributed by atoms with Crippen molar-refractivity contribution in [3.05, 3.63) is 132 Å². The molecule has 8 aromatic rings. The first kappa shape index (κ1) is 34.4. The lowest BCUT2D eigenvalue weighted by Gasteiger charge is -2.27. The van der Waals surface area contributed by atoms with Gasteiger partial charge >= 0.3 is 0 Å². The number of rotatable bonds is 6. The standard InChI is InChI=1S/C48H47N3O2/c1-29(2)23-30-21-22-49-40(24-30)31-25-36-34-17-12-13-20-42(34)53-45(36)37(26-31)35-18-14-19-41-43(35)50-46(51(41)33-15-10-9-11-16-33)38-27-32(47(3,4)5)28-39(44(38)52)48(6,7)8/h9-22,24-29,52H,23H2,1-8H3. The monoisotopic (exact) mass is 697 g/mol. The van der Waals surface area contributed by atoms with E-state index >= 15 is 0 Å². The van der Waals surface area contributed by atoms with Crippen molar-refractivity contribution in [3.63, 3.8) is 0 Å². The lowest BCUT2D eigenvalue weighted by Crippen LogP contribution is -2.17. The van der Waals surface area contributed by atoms with Gasteiger partial charge in [-0.05, 0) is 88.9 Å². The number of hydrogen-bond acceptors (Lipinski definition) is 4. The van der Waals surface area contributed by atoms with Crippen molar-refractivity contribution >= 4 is 33.0 Å². The summed E-state index contributed by atoms with van der Waals surface area (Å²) >= 11 is 0. The van der Waals surface area contributed by atoms with Crippen LogP contribution in [0.25, 0.3) is 72.4 Å². The van der Waals surface area contributed by atoms with Crippen LogP contribution in [0.5, 0.6) is 5.75 Å². The van der Waals surface area contributed by atoms with Crippen molar-refractivity contribution in [1.82, 2.24) is 14.5 Å². The highest BCUT2D eigenvalue weighted by Crippen LogP contribution is 2.46. The van der Waals surface area contributed by atoms with Crippen LogP contribution in [0.3, 0.4) is 0 Å². The molecule has 0 atom stereocenters. The SMILES string of the molecule is CC(C)Cc1ccnc(-c2cc(-c3cccc4c3nc(-c3cc(C(C)(C)C)cc(C(C)(C)C)c3O)n4-c3ccccc3)c3oc4ccccc4c3c2)c1. The molecule has 0 unspecified atom stereocenters. The molecule has 0 aliphatic carbocycles. The first-order valence-corrected chi connectivity index (χ1v) is 18.6. The molecular weight excluding hydrogens is 651 g/mol. The van der Waals surface area contributed by atoms with Gasteiger partial charge in [-0.25, -0.2) is 4.98 Å². The van der Waals surface area contributed by atoms with E-state index in [2.05, 4.69) is 139 Å². The number of nitrogens with zero attached hydrogens (tertiary/aromatic N) is 3. The summed E-state index contributed by atoms with van der Waals surface area (Å²) in [6.45, 7) is 17.6. The van der Waals surface area contributed by atoms with E-state index in [1.165, 1.54) is 5.56 Å². The van der Waals surface area contributed by atoms with Crippen LogP contribution in [0.4, 0.5) is 0 Å². The van der Waals surface area contributed by atoms with Gasteiger partial charge in [0, 0.05) is 44.9 Å². The van der Waals surface area contributed by atoms with Crippen LogP contribution >= 0.6 is 0 Å². The van der Waals surface area contributed by atoms with Crippen LogP contribution in [-0.4, -0.2) is 19.6 Å². The Morgan fingerprint density at radius 1 is 0.717 bits per heavy atom. The lowest BCUT2D eigenvalue weighted by atomic mass is 9.79. The van der Waals surface area contributed by atoms with E-state index in [9.17, 15) is 5.11 Å². The van der Waals surface area contributed by atoms with Gasteiger partial charge in [0.1, 0.15) is 22.7 Å². The molecule has 0 saturated heterocycles. The quantitative estimate of drug-likeness (QED) is 0.188. The summed E-state index contributed by atoms with van der Waals surface area (Å²) in [5.74, 6) is 1.48. The minimum atomic E-state index is -0.289. The number of phenolic OH excluding ortho intramolecular Hbond substituents is 1. The number of pyridine rings is 1. The van der Waals surface area contributed by atoms with E-state index in [4.69, 9.17) is 14.4 Å². The minimum absolute atomic E-state index is 0.148. The molecule has 5 nitrogen and oxygen atoms in total. The van der Waals surface area contributed by atoms with Crippen molar-refractivity contribution in [1.29, 1.82) is 0 Å². The van der Waals surface area contributed by atoms with E-state index < -0.39 is 0 Å². The average Bonchev–Trinajstić information content (AvgIpc) is 3.69. The third-order valence-corrected chi connectivity index (χ3v) is 10.3. The number of para-hydroxylation sites is 3. The highest BCUT2D eigenvalue weighted by molar-refractivity contribution is 6.13. The molecule has 0 saturated carbocycles. The summed E-state index contributed by atoms with van der Waals surface area (Å²) in [6.07, 6.45) is 2.90. The number of hydrogen-bond donors (Lipinski definition) is 1. The zero-order chi connectivity index (χ0) is 37.2. The molecule has 8 rings (SSSR count). The number of aromatic hydroxyl groups is 1. The van der Waals surface area contributed by atoms with Gasteiger partial charge in [-0.1, -0.05) is 110 Å². The second-order valence-corrected chi connectivity index (χ2v) is 16.8. The zero-order valence-corrected chi connectivity index (χ0v) is 32.0. The van der Waals surface area contributed by atoms with Crippen LogP contribution in [0.15, 0.2) is 120 Å². The smallest absolute Gasteiger partial charge is 0.149 e. The summed E-state index contributed by atoms with van der Waals surface area (Å²) in [6, 6.07) is 37.9. The summed E-state index contributed by atoms with van der Waals surface area (Å²) in [5, 5.41) is 14.2. The summed E-state index contributed by atoms with van der Waals surface area (Å²) in [5.41, 5.74) is 11.8. The first-order chi connectivity index (χ1) is 25.3. The fourth-order valence-electron chi connectivity index (χ4n) is 7.55. The molecule has 0 fully saturated rings. The summed E-state index contributed by atoms with van der Waals surface area (Å²) in [7, 11) is 0. The van der Waals surface area contributed by atoms with Crippen LogP contribution in [0, 0.1) is 5.92 Å². The molecule has 0 spiro atoms. The van der Waals surface area contributed by atoms with E-state index in [-0.39, 0.29) is 16.6 Å². The Hall–Kier alpha value is -5.68. The molecule has 5 aromatic carbocycles. The second-order valence-electron chi connectivity index (χ2n) is 16.8. The molecule has 0 radical (unpaired) electrons. The summed E-state index contributed by atoms with van der Waals surface area (Å²) < 4.78 is 8.87. The Balaban J connectivity index is 1.46. The highest BCUT2D eigenvalue weighted by atomic mass is 16.3. The number of imidazole rings is 1. The van der Waals surface area contributed by atoms with Gasteiger partial charge in [0.05, 0.1) is 22.3 Å². The highest BCUT2D eigenvalue weighted by Gasteiger charge is 2.29. The predicted molar refractivity (Wildman–Crippen MR) is 220 cm³/mol. The molecule has 3 aromatic heterocycles. The second kappa shape index (κ2) is 12.8. The Kier molecular flexibility index (Phi) is 8.29. The van der Waals surface area contributed by atoms with Crippen molar-refractivity contribution in [2.75, 3.05) is 0 Å². The third kappa shape index (κ3) is 6.18. The molecule has 0 bridgehead atoms. The number of benzene rings is 5. The molecule has 0 amide bonds. The van der Waals surface area contributed by atoms with E-state index in [0.717, 1.165) is 78.6 Å². The number of furan rings is 1. The van der Waals surface area contributed by atoms with Gasteiger partial charge in [-0.2, -0.15) is 0 Å².